The van der Waals surface area contributed by atoms with E-state index in [1.807, 2.05) is 19.9 Å². The van der Waals surface area contributed by atoms with Gasteiger partial charge in [0.15, 0.2) is 0 Å². The Balaban J connectivity index is 2.80. The highest BCUT2D eigenvalue weighted by atomic mass is 79.9. The molecule has 0 fully saturated rings. The number of anilines is 1. The molecule has 0 saturated carbocycles. The largest absolute Gasteiger partial charge is 0.318 e. The highest BCUT2D eigenvalue weighted by Gasteiger charge is 2.31. The molecule has 1 amide bonds. The zero-order valence-corrected chi connectivity index (χ0v) is 9.36. The second-order valence-corrected chi connectivity index (χ2v) is 4.19. The van der Waals surface area contributed by atoms with Crippen LogP contribution >= 0.6 is 15.9 Å². The van der Waals surface area contributed by atoms with Crippen molar-refractivity contribution in [2.45, 2.75) is 13.8 Å². The molecule has 0 aromatic heterocycles. The first-order chi connectivity index (χ1) is 6.52. The van der Waals surface area contributed by atoms with Crippen molar-refractivity contribution in [2.75, 3.05) is 5.32 Å². The molecule has 0 spiro atoms. The maximum absolute atomic E-state index is 11.5. The third-order valence-electron chi connectivity index (χ3n) is 2.39. The Morgan fingerprint density at radius 1 is 1.29 bits per heavy atom. The quantitative estimate of drug-likeness (QED) is 0.721. The second-order valence-electron chi connectivity index (χ2n) is 3.33. The van der Waals surface area contributed by atoms with Gasteiger partial charge in [0.1, 0.15) is 0 Å². The van der Waals surface area contributed by atoms with Crippen molar-refractivity contribution in [3.63, 3.8) is 0 Å². The van der Waals surface area contributed by atoms with Crippen molar-refractivity contribution in [1.82, 2.24) is 0 Å². The number of halogens is 1. The molecule has 0 aliphatic carbocycles. The molecule has 1 aromatic rings. The Kier molecular flexibility index (Phi) is 1.96. The van der Waals surface area contributed by atoms with Gasteiger partial charge in [-0.2, -0.15) is 0 Å². The van der Waals surface area contributed by atoms with E-state index in [-0.39, 0.29) is 0 Å². The Morgan fingerprint density at radius 3 is 2.57 bits per heavy atom. The van der Waals surface area contributed by atoms with E-state index in [0.29, 0.717) is 11.3 Å². The summed E-state index contributed by atoms with van der Waals surface area (Å²) in [5.74, 6) is -0.980. The highest BCUT2D eigenvalue weighted by Crippen LogP contribution is 2.34. The van der Waals surface area contributed by atoms with Crippen LogP contribution in [0.2, 0.25) is 0 Å². The lowest BCUT2D eigenvalue weighted by Gasteiger charge is -2.07. The van der Waals surface area contributed by atoms with Crippen molar-refractivity contribution >= 4 is 33.3 Å². The van der Waals surface area contributed by atoms with Crippen molar-refractivity contribution in [3.05, 3.63) is 27.2 Å². The molecular weight excluding hydrogens is 246 g/mol. The van der Waals surface area contributed by atoms with Gasteiger partial charge in [0.05, 0.1) is 11.3 Å². The minimum absolute atomic E-state index is 0.443. The van der Waals surface area contributed by atoms with Gasteiger partial charge in [-0.25, -0.2) is 0 Å². The normalized spacial score (nSPS) is 14.2. The first-order valence-electron chi connectivity index (χ1n) is 4.17. The third-order valence-corrected chi connectivity index (χ3v) is 3.22. The minimum Gasteiger partial charge on any atom is -0.318 e. The monoisotopic (exact) mass is 253 g/mol. The van der Waals surface area contributed by atoms with Gasteiger partial charge in [0, 0.05) is 4.47 Å². The van der Waals surface area contributed by atoms with Gasteiger partial charge in [-0.15, -0.1) is 0 Å². The lowest BCUT2D eigenvalue weighted by atomic mass is 10.0. The zero-order chi connectivity index (χ0) is 10.5. The molecule has 0 bridgehead atoms. The van der Waals surface area contributed by atoms with Gasteiger partial charge in [-0.05, 0) is 31.0 Å². The number of amides is 1. The lowest BCUT2D eigenvalue weighted by Crippen LogP contribution is -2.12. The van der Waals surface area contributed by atoms with Gasteiger partial charge in [0.25, 0.3) is 11.7 Å². The number of nitrogens with one attached hydrogen (secondary N) is 1. The highest BCUT2D eigenvalue weighted by molar-refractivity contribution is 9.10. The fourth-order valence-electron chi connectivity index (χ4n) is 1.60. The number of carbonyl (C=O) groups is 2. The van der Waals surface area contributed by atoms with Gasteiger partial charge in [-0.1, -0.05) is 15.9 Å². The molecule has 1 N–H and O–H groups in total. The third kappa shape index (κ3) is 1.10. The van der Waals surface area contributed by atoms with Crippen LogP contribution in [0.1, 0.15) is 21.5 Å². The van der Waals surface area contributed by atoms with Crippen LogP contribution in [0.5, 0.6) is 0 Å². The van der Waals surface area contributed by atoms with E-state index >= 15 is 0 Å². The van der Waals surface area contributed by atoms with Crippen LogP contribution in [-0.4, -0.2) is 11.7 Å². The summed E-state index contributed by atoms with van der Waals surface area (Å²) >= 11 is 3.36. The van der Waals surface area contributed by atoms with E-state index in [1.54, 1.807) is 0 Å². The van der Waals surface area contributed by atoms with Crippen LogP contribution < -0.4 is 5.32 Å². The zero-order valence-electron chi connectivity index (χ0n) is 7.77. The molecule has 72 valence electrons. The van der Waals surface area contributed by atoms with Crippen LogP contribution in [-0.2, 0) is 4.79 Å². The summed E-state index contributed by atoms with van der Waals surface area (Å²) in [5, 5.41) is 2.57. The molecule has 1 heterocycles. The molecule has 2 rings (SSSR count). The first kappa shape index (κ1) is 9.40. The van der Waals surface area contributed by atoms with Gasteiger partial charge >= 0.3 is 0 Å². The van der Waals surface area contributed by atoms with E-state index in [1.165, 1.54) is 0 Å². The number of hydrogen-bond acceptors (Lipinski definition) is 2. The van der Waals surface area contributed by atoms with Crippen LogP contribution in [0.3, 0.4) is 0 Å². The van der Waals surface area contributed by atoms with E-state index in [0.717, 1.165) is 15.6 Å². The van der Waals surface area contributed by atoms with Gasteiger partial charge in [-0.3, -0.25) is 9.59 Å². The number of carbonyl (C=O) groups excluding carboxylic acids is 2. The summed E-state index contributed by atoms with van der Waals surface area (Å²) in [6.07, 6.45) is 0. The van der Waals surface area contributed by atoms with Crippen LogP contribution in [0.4, 0.5) is 5.69 Å². The Bertz CT molecular complexity index is 466. The Labute approximate surface area is 89.6 Å². The van der Waals surface area contributed by atoms with E-state index in [9.17, 15) is 9.59 Å². The predicted octanol–water partition coefficient (Wildman–Crippen LogP) is 2.20. The maximum atomic E-state index is 11.5. The Hall–Kier alpha value is -1.16. The number of Topliss-reactive ketones (excluding diaryl/α,β-unsaturated/α-hetero) is 1. The number of aryl methyl sites for hydroxylation is 1. The van der Waals surface area contributed by atoms with Gasteiger partial charge in [0.2, 0.25) is 0 Å². The van der Waals surface area contributed by atoms with Crippen LogP contribution in [0.15, 0.2) is 10.5 Å². The number of fused-ring (bicyclic) bond motifs is 1. The standard InChI is InChI=1S/C10H8BrNO2/c1-4-3-6(11)5(2)7-8(4)12-10(14)9(7)13/h3H,1-2H3,(H,12,13,14). The summed E-state index contributed by atoms with van der Waals surface area (Å²) in [5.41, 5.74) is 2.87. The molecule has 0 unspecified atom stereocenters. The van der Waals surface area contributed by atoms with Crippen molar-refractivity contribution in [2.24, 2.45) is 0 Å². The average Bonchev–Trinajstić information content (AvgIpc) is 2.41. The van der Waals surface area contributed by atoms with Crippen molar-refractivity contribution in [3.8, 4) is 0 Å². The summed E-state index contributed by atoms with van der Waals surface area (Å²) in [4.78, 5) is 22.7. The van der Waals surface area contributed by atoms with E-state index in [4.69, 9.17) is 0 Å². The molecular formula is C10H8BrNO2. The Morgan fingerprint density at radius 2 is 1.93 bits per heavy atom. The number of benzene rings is 1. The summed E-state index contributed by atoms with van der Waals surface area (Å²) in [6, 6.07) is 1.90. The second kappa shape index (κ2) is 2.92. The summed E-state index contributed by atoms with van der Waals surface area (Å²) < 4.78 is 0.860. The molecule has 0 atom stereocenters. The molecule has 1 aliphatic heterocycles. The molecule has 0 saturated heterocycles. The summed E-state index contributed by atoms with van der Waals surface area (Å²) in [6.45, 7) is 3.68. The maximum Gasteiger partial charge on any atom is 0.296 e. The van der Waals surface area contributed by atoms with E-state index in [2.05, 4.69) is 21.2 Å². The molecule has 1 aliphatic rings. The smallest absolute Gasteiger partial charge is 0.296 e. The van der Waals surface area contributed by atoms with E-state index < -0.39 is 11.7 Å². The number of ketones is 1. The summed E-state index contributed by atoms with van der Waals surface area (Å²) in [7, 11) is 0. The molecule has 1 aromatic carbocycles. The first-order valence-corrected chi connectivity index (χ1v) is 4.97. The molecule has 14 heavy (non-hydrogen) atoms. The SMILES string of the molecule is Cc1cc(Br)c(C)c2c1NC(=O)C2=O. The van der Waals surface area contributed by atoms with Crippen LogP contribution in [0, 0.1) is 13.8 Å². The molecule has 4 heteroatoms. The van der Waals surface area contributed by atoms with Crippen molar-refractivity contribution < 1.29 is 9.59 Å². The van der Waals surface area contributed by atoms with Crippen LogP contribution in [0.25, 0.3) is 0 Å². The number of rotatable bonds is 0. The molecule has 3 nitrogen and oxygen atoms in total. The van der Waals surface area contributed by atoms with Gasteiger partial charge < -0.3 is 5.32 Å². The fourth-order valence-corrected chi connectivity index (χ4v) is 2.14. The molecule has 0 radical (unpaired) electrons. The fraction of sp³-hybridized carbons (Fsp3) is 0.200. The topological polar surface area (TPSA) is 46.2 Å². The minimum atomic E-state index is -0.538. The lowest BCUT2D eigenvalue weighted by molar-refractivity contribution is -0.112. The predicted molar refractivity (Wildman–Crippen MR) is 56.6 cm³/mol. The number of hydrogen-bond donors (Lipinski definition) is 1. The average molecular weight is 254 g/mol. The van der Waals surface area contributed by atoms with Crippen molar-refractivity contribution in [1.29, 1.82) is 0 Å².